The number of piperazine rings is 1. The molecule has 206 valence electrons. The zero-order valence-corrected chi connectivity index (χ0v) is 21.9. The van der Waals surface area contributed by atoms with Crippen LogP contribution in [0.1, 0.15) is 38.8 Å². The lowest BCUT2D eigenvalue weighted by molar-refractivity contribution is -0.249. The van der Waals surface area contributed by atoms with Crippen molar-refractivity contribution in [2.75, 3.05) is 36.1 Å². The van der Waals surface area contributed by atoms with Crippen molar-refractivity contribution in [1.82, 2.24) is 4.90 Å². The molecule has 4 rings (SSSR count). The molecule has 0 N–H and O–H groups in total. The standard InChI is InChI=1S/C26H28ClF5N4O2/c1-24(2,3)38-23(37)35-13-11-34(12-14-35)18-8-6-7-17(15-18)21-16-22(25(28,29)26(30,31)32)33-36(21)20-10-5-4-9-19(20)27/h4-10,15,21H,11-14,16H2,1-3H3. The number of hydrogen-bond donors (Lipinski definition) is 0. The van der Waals surface area contributed by atoms with Gasteiger partial charge in [0.15, 0.2) is 0 Å². The van der Waals surface area contributed by atoms with Crippen molar-refractivity contribution in [1.29, 1.82) is 0 Å². The van der Waals surface area contributed by atoms with Gasteiger partial charge in [0.25, 0.3) is 0 Å². The average Bonchev–Trinajstić information content (AvgIpc) is 3.29. The Morgan fingerprint density at radius 1 is 0.974 bits per heavy atom. The minimum atomic E-state index is -5.78. The van der Waals surface area contributed by atoms with E-state index in [1.807, 2.05) is 11.0 Å². The van der Waals surface area contributed by atoms with E-state index in [0.29, 0.717) is 31.7 Å². The molecular weight excluding hydrogens is 531 g/mol. The number of para-hydroxylation sites is 1. The first kappa shape index (κ1) is 27.9. The quantitative estimate of drug-likeness (QED) is 0.383. The maximum absolute atomic E-state index is 14.3. The lowest BCUT2D eigenvalue weighted by Crippen LogP contribution is -2.50. The van der Waals surface area contributed by atoms with Gasteiger partial charge in [-0.3, -0.25) is 5.01 Å². The van der Waals surface area contributed by atoms with Crippen LogP contribution in [0.4, 0.5) is 38.1 Å². The first-order valence-electron chi connectivity index (χ1n) is 12.1. The zero-order chi connectivity index (χ0) is 27.9. The van der Waals surface area contributed by atoms with E-state index in [9.17, 15) is 26.7 Å². The van der Waals surface area contributed by atoms with Crippen LogP contribution in [-0.2, 0) is 4.74 Å². The van der Waals surface area contributed by atoms with Crippen molar-refractivity contribution in [3.8, 4) is 0 Å². The third-order valence-corrected chi connectivity index (χ3v) is 6.60. The highest BCUT2D eigenvalue weighted by molar-refractivity contribution is 6.33. The first-order valence-corrected chi connectivity index (χ1v) is 12.4. The van der Waals surface area contributed by atoms with Crippen LogP contribution in [0.25, 0.3) is 0 Å². The fraction of sp³-hybridized carbons (Fsp3) is 0.462. The number of halogens is 6. The highest BCUT2D eigenvalue weighted by atomic mass is 35.5. The van der Waals surface area contributed by atoms with E-state index in [4.69, 9.17) is 16.3 Å². The van der Waals surface area contributed by atoms with Crippen LogP contribution in [0, 0.1) is 0 Å². The highest BCUT2D eigenvalue weighted by Crippen LogP contribution is 2.46. The van der Waals surface area contributed by atoms with Crippen LogP contribution in [0.3, 0.4) is 0 Å². The summed E-state index contributed by atoms with van der Waals surface area (Å²) in [5, 5.41) is 5.05. The van der Waals surface area contributed by atoms with Crippen LogP contribution < -0.4 is 9.91 Å². The summed E-state index contributed by atoms with van der Waals surface area (Å²) in [7, 11) is 0. The molecule has 1 amide bonds. The monoisotopic (exact) mass is 558 g/mol. The summed E-state index contributed by atoms with van der Waals surface area (Å²) in [5.74, 6) is -5.09. The Balaban J connectivity index is 1.58. The van der Waals surface area contributed by atoms with Gasteiger partial charge in [-0.15, -0.1) is 0 Å². The second-order valence-electron chi connectivity index (χ2n) is 10.2. The Morgan fingerprint density at radius 2 is 1.63 bits per heavy atom. The van der Waals surface area contributed by atoms with E-state index in [-0.39, 0.29) is 10.7 Å². The van der Waals surface area contributed by atoms with Crippen molar-refractivity contribution in [2.45, 2.75) is 50.9 Å². The van der Waals surface area contributed by atoms with E-state index >= 15 is 0 Å². The normalized spacial score (nSPS) is 19.0. The molecule has 12 heteroatoms. The number of carbonyl (C=O) groups is 1. The van der Waals surface area contributed by atoms with Crippen molar-refractivity contribution < 1.29 is 31.5 Å². The number of carbonyl (C=O) groups excluding carboxylic acids is 1. The molecule has 38 heavy (non-hydrogen) atoms. The molecule has 0 aliphatic carbocycles. The van der Waals surface area contributed by atoms with Crippen molar-refractivity contribution >= 4 is 34.8 Å². The van der Waals surface area contributed by atoms with Gasteiger partial charge in [-0.2, -0.15) is 27.1 Å². The third-order valence-electron chi connectivity index (χ3n) is 6.28. The summed E-state index contributed by atoms with van der Waals surface area (Å²) < 4.78 is 73.6. The number of amides is 1. The average molecular weight is 559 g/mol. The van der Waals surface area contributed by atoms with Gasteiger partial charge in [-0.25, -0.2) is 4.79 Å². The number of benzene rings is 2. The maximum atomic E-state index is 14.3. The van der Waals surface area contributed by atoms with Gasteiger partial charge in [-0.1, -0.05) is 35.9 Å². The van der Waals surface area contributed by atoms with Gasteiger partial charge in [0, 0.05) is 38.3 Å². The number of nitrogens with zero attached hydrogens (tertiary/aromatic N) is 4. The number of hydrazone groups is 1. The first-order chi connectivity index (χ1) is 17.7. The van der Waals surface area contributed by atoms with Crippen LogP contribution >= 0.6 is 11.6 Å². The lowest BCUT2D eigenvalue weighted by Gasteiger charge is -2.37. The molecule has 0 aromatic heterocycles. The Hall–Kier alpha value is -3.08. The molecule has 1 unspecified atom stereocenters. The van der Waals surface area contributed by atoms with Crippen LogP contribution in [0.2, 0.25) is 5.02 Å². The Kier molecular flexibility index (Phi) is 7.53. The van der Waals surface area contributed by atoms with E-state index in [1.54, 1.807) is 56.0 Å². The third kappa shape index (κ3) is 5.82. The second kappa shape index (κ2) is 10.2. The minimum Gasteiger partial charge on any atom is -0.444 e. The zero-order valence-electron chi connectivity index (χ0n) is 21.1. The molecule has 0 radical (unpaired) electrons. The van der Waals surface area contributed by atoms with Crippen LogP contribution in [0.5, 0.6) is 0 Å². The molecule has 0 bridgehead atoms. The molecule has 1 atom stereocenters. The van der Waals surface area contributed by atoms with Gasteiger partial charge in [-0.05, 0) is 50.6 Å². The van der Waals surface area contributed by atoms with Crippen molar-refractivity contribution in [3.63, 3.8) is 0 Å². The van der Waals surface area contributed by atoms with Gasteiger partial charge in [0.2, 0.25) is 0 Å². The smallest absolute Gasteiger partial charge is 0.444 e. The molecule has 1 saturated heterocycles. The molecule has 2 aromatic rings. The summed E-state index contributed by atoms with van der Waals surface area (Å²) in [6, 6.07) is 12.3. The van der Waals surface area contributed by atoms with E-state index in [0.717, 1.165) is 10.7 Å². The van der Waals surface area contributed by atoms with E-state index in [2.05, 4.69) is 5.10 Å². The molecule has 2 aliphatic heterocycles. The molecule has 2 aliphatic rings. The predicted octanol–water partition coefficient (Wildman–Crippen LogP) is 6.90. The van der Waals surface area contributed by atoms with Crippen molar-refractivity contribution in [3.05, 3.63) is 59.1 Å². The number of rotatable bonds is 4. The molecule has 0 saturated carbocycles. The predicted molar refractivity (Wildman–Crippen MR) is 136 cm³/mol. The second-order valence-corrected chi connectivity index (χ2v) is 10.6. The molecular formula is C26H28ClF5N4O2. The van der Waals surface area contributed by atoms with E-state index < -0.39 is 42.0 Å². The topological polar surface area (TPSA) is 48.4 Å². The largest absolute Gasteiger partial charge is 0.459 e. The van der Waals surface area contributed by atoms with Gasteiger partial charge in [0.1, 0.15) is 11.3 Å². The number of hydrogen-bond acceptors (Lipinski definition) is 5. The van der Waals surface area contributed by atoms with Crippen molar-refractivity contribution in [2.24, 2.45) is 5.10 Å². The van der Waals surface area contributed by atoms with Gasteiger partial charge < -0.3 is 14.5 Å². The fourth-order valence-electron chi connectivity index (χ4n) is 4.39. The lowest BCUT2D eigenvalue weighted by atomic mass is 9.98. The molecule has 6 nitrogen and oxygen atoms in total. The SMILES string of the molecule is CC(C)(C)OC(=O)N1CCN(c2cccc(C3CC(C(F)(F)C(F)(F)F)=NN3c3ccccc3Cl)c2)CC1. The van der Waals surface area contributed by atoms with E-state index in [1.165, 1.54) is 12.1 Å². The fourth-order valence-corrected chi connectivity index (χ4v) is 4.61. The summed E-state index contributed by atoms with van der Waals surface area (Å²) in [4.78, 5) is 16.0. The summed E-state index contributed by atoms with van der Waals surface area (Å²) >= 11 is 6.27. The minimum absolute atomic E-state index is 0.173. The maximum Gasteiger partial charge on any atom is 0.459 e. The van der Waals surface area contributed by atoms with Gasteiger partial charge in [0.05, 0.1) is 16.8 Å². The van der Waals surface area contributed by atoms with Crippen LogP contribution in [-0.4, -0.2) is 60.6 Å². The van der Waals surface area contributed by atoms with Gasteiger partial charge >= 0.3 is 18.2 Å². The summed E-state index contributed by atoms with van der Waals surface area (Å²) in [6.45, 7) is 7.20. The van der Waals surface area contributed by atoms with Crippen LogP contribution in [0.15, 0.2) is 53.6 Å². The molecule has 0 spiro atoms. The summed E-state index contributed by atoms with van der Waals surface area (Å²) in [5.41, 5.74) is -0.397. The number of anilines is 2. The Bertz CT molecular complexity index is 1210. The molecule has 1 fully saturated rings. The number of alkyl halides is 5. The molecule has 2 heterocycles. The Morgan fingerprint density at radius 3 is 2.24 bits per heavy atom. The number of ether oxygens (including phenoxy) is 1. The summed E-state index contributed by atoms with van der Waals surface area (Å²) in [6.07, 6.45) is -6.81. The Labute approximate surface area is 222 Å². The highest BCUT2D eigenvalue weighted by Gasteiger charge is 2.63. The molecule has 2 aromatic carbocycles.